The average Bonchev–Trinajstić information content (AvgIpc) is 2.45. The van der Waals surface area contributed by atoms with E-state index in [0.717, 1.165) is 30.1 Å². The Morgan fingerprint density at radius 1 is 1.16 bits per heavy atom. The summed E-state index contributed by atoms with van der Waals surface area (Å²) in [5.41, 5.74) is 1.12. The summed E-state index contributed by atoms with van der Waals surface area (Å²) in [6, 6.07) is 6.10. The van der Waals surface area contributed by atoms with Crippen LogP contribution in [-0.2, 0) is 4.74 Å². The lowest BCUT2D eigenvalue weighted by molar-refractivity contribution is 0.171. The summed E-state index contributed by atoms with van der Waals surface area (Å²) >= 11 is 0. The van der Waals surface area contributed by atoms with Gasteiger partial charge in [0.2, 0.25) is 0 Å². The molecule has 0 bridgehead atoms. The Hall–Kier alpha value is -1.26. The number of rotatable bonds is 8. The van der Waals surface area contributed by atoms with Crippen molar-refractivity contribution in [1.29, 1.82) is 0 Å². The monoisotopic (exact) mass is 267 g/mol. The molecule has 0 aliphatic carbocycles. The molecule has 0 aliphatic heterocycles. The van der Waals surface area contributed by atoms with Crippen molar-refractivity contribution in [3.05, 3.63) is 23.8 Å². The fourth-order valence-corrected chi connectivity index (χ4v) is 2.30. The highest BCUT2D eigenvalue weighted by Crippen LogP contribution is 2.34. The zero-order valence-corrected chi connectivity index (χ0v) is 12.5. The van der Waals surface area contributed by atoms with Gasteiger partial charge in [0.15, 0.2) is 0 Å². The second-order valence-corrected chi connectivity index (χ2v) is 4.63. The molecule has 19 heavy (non-hydrogen) atoms. The molecule has 4 heteroatoms. The minimum Gasteiger partial charge on any atom is -0.497 e. The van der Waals surface area contributed by atoms with E-state index in [4.69, 9.17) is 14.2 Å². The molecule has 0 fully saturated rings. The molecule has 0 aliphatic rings. The van der Waals surface area contributed by atoms with Crippen LogP contribution in [0, 0.1) is 5.92 Å². The van der Waals surface area contributed by atoms with Crippen molar-refractivity contribution in [1.82, 2.24) is 5.32 Å². The van der Waals surface area contributed by atoms with E-state index in [9.17, 15) is 0 Å². The van der Waals surface area contributed by atoms with E-state index in [1.807, 2.05) is 25.2 Å². The van der Waals surface area contributed by atoms with Gasteiger partial charge in [-0.05, 0) is 37.6 Å². The molecule has 0 aromatic heterocycles. The van der Waals surface area contributed by atoms with Crippen molar-refractivity contribution in [2.75, 3.05) is 35.0 Å². The van der Waals surface area contributed by atoms with Gasteiger partial charge in [-0.2, -0.15) is 0 Å². The van der Waals surface area contributed by atoms with Gasteiger partial charge in [-0.3, -0.25) is 0 Å². The Balaban J connectivity index is 3.01. The van der Waals surface area contributed by atoms with Crippen LogP contribution in [0.25, 0.3) is 0 Å². The van der Waals surface area contributed by atoms with Crippen LogP contribution in [0.2, 0.25) is 0 Å². The van der Waals surface area contributed by atoms with Crippen LogP contribution in [0.15, 0.2) is 18.2 Å². The van der Waals surface area contributed by atoms with Gasteiger partial charge < -0.3 is 19.5 Å². The Morgan fingerprint density at radius 2 is 1.89 bits per heavy atom. The van der Waals surface area contributed by atoms with Crippen molar-refractivity contribution in [2.45, 2.75) is 19.4 Å². The number of ether oxygens (including phenoxy) is 3. The maximum Gasteiger partial charge on any atom is 0.123 e. The lowest BCUT2D eigenvalue weighted by Crippen LogP contribution is -2.25. The van der Waals surface area contributed by atoms with Crippen LogP contribution in [0.4, 0.5) is 0 Å². The number of hydrogen-bond acceptors (Lipinski definition) is 4. The second-order valence-electron chi connectivity index (χ2n) is 4.63. The van der Waals surface area contributed by atoms with Gasteiger partial charge in [0, 0.05) is 25.3 Å². The Morgan fingerprint density at radius 3 is 2.42 bits per heavy atom. The summed E-state index contributed by atoms with van der Waals surface area (Å²) in [4.78, 5) is 0. The molecule has 4 nitrogen and oxygen atoms in total. The maximum absolute atomic E-state index is 5.46. The third kappa shape index (κ3) is 4.11. The Kier molecular flexibility index (Phi) is 6.67. The van der Waals surface area contributed by atoms with Gasteiger partial charge in [-0.25, -0.2) is 0 Å². The predicted molar refractivity (Wildman–Crippen MR) is 77.0 cm³/mol. The van der Waals surface area contributed by atoms with Gasteiger partial charge in [-0.1, -0.05) is 6.92 Å². The van der Waals surface area contributed by atoms with Crippen LogP contribution in [0.3, 0.4) is 0 Å². The molecular formula is C15H25NO3. The van der Waals surface area contributed by atoms with Crippen molar-refractivity contribution in [3.63, 3.8) is 0 Å². The minimum atomic E-state index is 0.209. The molecule has 0 radical (unpaired) electrons. The molecular weight excluding hydrogens is 242 g/mol. The first kappa shape index (κ1) is 15.8. The summed E-state index contributed by atoms with van der Waals surface area (Å²) in [5.74, 6) is 2.16. The molecule has 2 atom stereocenters. The first-order valence-corrected chi connectivity index (χ1v) is 6.56. The van der Waals surface area contributed by atoms with E-state index in [-0.39, 0.29) is 6.04 Å². The standard InChI is InChI=1S/C15H25NO3/c1-11(8-9-17-3)15(16-2)13-10-12(18-4)6-7-14(13)19-5/h6-7,10-11,15-16H,8-9H2,1-5H3. The zero-order valence-electron chi connectivity index (χ0n) is 12.5. The van der Waals surface area contributed by atoms with Crippen LogP contribution >= 0.6 is 0 Å². The predicted octanol–water partition coefficient (Wildman–Crippen LogP) is 2.64. The third-order valence-corrected chi connectivity index (χ3v) is 3.43. The Labute approximate surface area is 116 Å². The number of benzene rings is 1. The van der Waals surface area contributed by atoms with E-state index >= 15 is 0 Å². The van der Waals surface area contributed by atoms with E-state index in [1.54, 1.807) is 21.3 Å². The van der Waals surface area contributed by atoms with Gasteiger partial charge >= 0.3 is 0 Å². The largest absolute Gasteiger partial charge is 0.497 e. The minimum absolute atomic E-state index is 0.209. The van der Waals surface area contributed by atoms with Crippen LogP contribution < -0.4 is 14.8 Å². The fraction of sp³-hybridized carbons (Fsp3) is 0.600. The van der Waals surface area contributed by atoms with Crippen LogP contribution in [0.5, 0.6) is 11.5 Å². The highest BCUT2D eigenvalue weighted by molar-refractivity contribution is 5.42. The number of nitrogens with one attached hydrogen (secondary N) is 1. The molecule has 108 valence electrons. The highest BCUT2D eigenvalue weighted by atomic mass is 16.5. The summed E-state index contributed by atoms with van der Waals surface area (Å²) in [6.07, 6.45) is 0.988. The SMILES string of the molecule is CNC(c1cc(OC)ccc1OC)C(C)CCOC. The topological polar surface area (TPSA) is 39.7 Å². The summed E-state index contributed by atoms with van der Waals surface area (Å²) in [6.45, 7) is 2.96. The van der Waals surface area contributed by atoms with Crippen LogP contribution in [-0.4, -0.2) is 35.0 Å². The van der Waals surface area contributed by atoms with Gasteiger partial charge in [-0.15, -0.1) is 0 Å². The summed E-state index contributed by atoms with van der Waals surface area (Å²) < 4.78 is 15.9. The summed E-state index contributed by atoms with van der Waals surface area (Å²) in [5, 5.41) is 3.36. The third-order valence-electron chi connectivity index (χ3n) is 3.43. The van der Waals surface area contributed by atoms with Gasteiger partial charge in [0.1, 0.15) is 11.5 Å². The molecule has 0 spiro atoms. The smallest absolute Gasteiger partial charge is 0.123 e. The first-order valence-electron chi connectivity index (χ1n) is 6.56. The molecule has 0 saturated heterocycles. The molecule has 0 amide bonds. The van der Waals surface area contributed by atoms with E-state index in [2.05, 4.69) is 12.2 Å². The Bertz CT molecular complexity index is 382. The van der Waals surface area contributed by atoms with Gasteiger partial charge in [0.25, 0.3) is 0 Å². The van der Waals surface area contributed by atoms with Crippen molar-refractivity contribution in [3.8, 4) is 11.5 Å². The highest BCUT2D eigenvalue weighted by Gasteiger charge is 2.21. The van der Waals surface area contributed by atoms with E-state index in [0.29, 0.717) is 5.92 Å². The molecule has 1 aromatic carbocycles. The molecule has 0 heterocycles. The van der Waals surface area contributed by atoms with Gasteiger partial charge in [0.05, 0.1) is 14.2 Å². The molecule has 2 unspecified atom stereocenters. The van der Waals surface area contributed by atoms with Crippen LogP contribution in [0.1, 0.15) is 24.9 Å². The lowest BCUT2D eigenvalue weighted by atomic mass is 9.91. The number of methoxy groups -OCH3 is 3. The van der Waals surface area contributed by atoms with E-state index in [1.165, 1.54) is 0 Å². The maximum atomic E-state index is 5.46. The molecule has 1 N–H and O–H groups in total. The van der Waals surface area contributed by atoms with Crippen molar-refractivity contribution < 1.29 is 14.2 Å². The fourth-order valence-electron chi connectivity index (χ4n) is 2.30. The summed E-state index contributed by atoms with van der Waals surface area (Å²) in [7, 11) is 7.06. The quantitative estimate of drug-likeness (QED) is 0.786. The molecule has 1 aromatic rings. The normalized spacial score (nSPS) is 13.9. The second kappa shape index (κ2) is 8.02. The molecule has 0 saturated carbocycles. The molecule has 1 rings (SSSR count). The lowest BCUT2D eigenvalue weighted by Gasteiger charge is -2.26. The average molecular weight is 267 g/mol. The zero-order chi connectivity index (χ0) is 14.3. The first-order chi connectivity index (χ1) is 9.17. The number of hydrogen-bond donors (Lipinski definition) is 1. The van der Waals surface area contributed by atoms with E-state index < -0.39 is 0 Å². The van der Waals surface area contributed by atoms with Crippen molar-refractivity contribution >= 4 is 0 Å². The van der Waals surface area contributed by atoms with Crippen molar-refractivity contribution in [2.24, 2.45) is 5.92 Å².